The summed E-state index contributed by atoms with van der Waals surface area (Å²) in [7, 11) is 0. The molecular formula is C10H20N6S4Zn. The minimum atomic E-state index is 0. The molecule has 2 aliphatic heterocycles. The minimum Gasteiger partial charge on any atom is -0.410 e. The molecule has 11 heteroatoms. The molecule has 6 nitrogen and oxygen atoms in total. The second-order valence-electron chi connectivity index (χ2n) is 4.27. The molecule has 0 atom stereocenters. The van der Waals surface area contributed by atoms with Gasteiger partial charge >= 0.3 is 19.5 Å². The molecule has 0 aromatic rings. The van der Waals surface area contributed by atoms with E-state index in [1.165, 1.54) is 0 Å². The number of thiocarbonyl (C=S) groups is 2. The summed E-state index contributed by atoms with van der Waals surface area (Å²) < 4.78 is 0.865. The summed E-state index contributed by atoms with van der Waals surface area (Å²) in [6, 6.07) is 0. The molecule has 2 fully saturated rings. The van der Waals surface area contributed by atoms with Gasteiger partial charge in [0.1, 0.15) is 0 Å². The first kappa shape index (κ1) is 21.7. The summed E-state index contributed by atoms with van der Waals surface area (Å²) in [4.78, 5) is 0. The SMILES string of the molecule is S=C([S-])NN1CCNCC1.S=C([S-])NN1CCNCC1.[Zn+2]. The molecule has 0 unspecified atom stereocenters. The van der Waals surface area contributed by atoms with Crippen LogP contribution in [0.5, 0.6) is 0 Å². The van der Waals surface area contributed by atoms with Gasteiger partial charge in [0, 0.05) is 52.4 Å². The van der Waals surface area contributed by atoms with Gasteiger partial charge < -0.3 is 71.2 Å². The zero-order valence-electron chi connectivity index (χ0n) is 11.9. The summed E-state index contributed by atoms with van der Waals surface area (Å²) >= 11 is 18.9. The van der Waals surface area contributed by atoms with Crippen LogP contribution in [0.15, 0.2) is 0 Å². The maximum Gasteiger partial charge on any atom is 2.00 e. The van der Waals surface area contributed by atoms with E-state index in [9.17, 15) is 0 Å². The standard InChI is InChI=1S/2C5H11N3S2.Zn/c2*9-5(10)7-8-3-1-6-2-4-8;/h2*6H,1-4H2,(H2,7,9,10);/q;;+2/p-2. The Morgan fingerprint density at radius 2 is 1.05 bits per heavy atom. The Labute approximate surface area is 161 Å². The van der Waals surface area contributed by atoms with E-state index < -0.39 is 0 Å². The Kier molecular flexibility index (Phi) is 13.6. The molecule has 21 heavy (non-hydrogen) atoms. The van der Waals surface area contributed by atoms with Crippen LogP contribution < -0.4 is 21.5 Å². The first-order valence-electron chi connectivity index (χ1n) is 6.44. The van der Waals surface area contributed by atoms with Gasteiger partial charge in [0.25, 0.3) is 0 Å². The van der Waals surface area contributed by atoms with Crippen LogP contribution in [0.2, 0.25) is 0 Å². The Morgan fingerprint density at radius 1 is 0.762 bits per heavy atom. The fourth-order valence-electron chi connectivity index (χ4n) is 1.81. The van der Waals surface area contributed by atoms with Crippen molar-refractivity contribution in [2.45, 2.75) is 0 Å². The van der Waals surface area contributed by atoms with Crippen LogP contribution in [-0.2, 0) is 44.7 Å². The molecule has 0 amide bonds. The van der Waals surface area contributed by atoms with Crippen molar-refractivity contribution in [2.24, 2.45) is 0 Å². The van der Waals surface area contributed by atoms with Crippen molar-refractivity contribution in [3.8, 4) is 0 Å². The summed E-state index contributed by atoms with van der Waals surface area (Å²) in [5.74, 6) is 0. The van der Waals surface area contributed by atoms with Crippen molar-refractivity contribution in [1.29, 1.82) is 0 Å². The van der Waals surface area contributed by atoms with Crippen LogP contribution in [0, 0.1) is 0 Å². The zero-order chi connectivity index (χ0) is 14.8. The third-order valence-electron chi connectivity index (χ3n) is 2.73. The van der Waals surface area contributed by atoms with E-state index >= 15 is 0 Å². The van der Waals surface area contributed by atoms with E-state index in [-0.39, 0.29) is 19.5 Å². The smallest absolute Gasteiger partial charge is 0.410 e. The number of hydrogen-bond acceptors (Lipinski definition) is 8. The quantitative estimate of drug-likeness (QED) is 0.241. The zero-order valence-corrected chi connectivity index (χ0v) is 18.1. The van der Waals surface area contributed by atoms with E-state index in [1.54, 1.807) is 0 Å². The molecular weight excluding hydrogens is 398 g/mol. The van der Waals surface area contributed by atoms with Gasteiger partial charge in [0.2, 0.25) is 0 Å². The number of nitrogens with one attached hydrogen (secondary N) is 4. The van der Waals surface area contributed by atoms with Gasteiger partial charge in [-0.15, -0.1) is 0 Å². The number of hydrazine groups is 2. The van der Waals surface area contributed by atoms with Gasteiger partial charge in [-0.05, 0) is 8.64 Å². The van der Waals surface area contributed by atoms with Crippen molar-refractivity contribution in [3.05, 3.63) is 0 Å². The van der Waals surface area contributed by atoms with E-state index in [1.807, 2.05) is 10.0 Å². The van der Waals surface area contributed by atoms with E-state index in [4.69, 9.17) is 49.7 Å². The molecule has 2 saturated heterocycles. The summed E-state index contributed by atoms with van der Waals surface area (Å²) in [5, 5.41) is 10.5. The molecule has 4 N–H and O–H groups in total. The van der Waals surface area contributed by atoms with E-state index in [0.717, 1.165) is 52.4 Å². The fourth-order valence-corrected chi connectivity index (χ4v) is 2.33. The van der Waals surface area contributed by atoms with Gasteiger partial charge in [-0.25, -0.2) is 10.0 Å². The van der Waals surface area contributed by atoms with Crippen LogP contribution in [0.1, 0.15) is 0 Å². The average molecular weight is 418 g/mol. The van der Waals surface area contributed by atoms with Gasteiger partial charge in [-0.2, -0.15) is 0 Å². The first-order valence-corrected chi connectivity index (χ1v) is 8.08. The predicted octanol–water partition coefficient (Wildman–Crippen LogP) is -1.55. The normalized spacial score (nSPS) is 19.4. The largest absolute Gasteiger partial charge is 2.00 e. The molecule has 0 saturated carbocycles. The van der Waals surface area contributed by atoms with Crippen LogP contribution in [-0.4, -0.2) is 71.0 Å². The number of nitrogens with zero attached hydrogens (tertiary/aromatic N) is 2. The number of hydrogen-bond donors (Lipinski definition) is 4. The van der Waals surface area contributed by atoms with Gasteiger partial charge in [0.05, 0.1) is 0 Å². The van der Waals surface area contributed by atoms with Gasteiger partial charge in [-0.1, -0.05) is 0 Å². The van der Waals surface area contributed by atoms with Gasteiger partial charge in [-0.3, -0.25) is 0 Å². The second-order valence-corrected chi connectivity index (χ2v) is 6.42. The number of piperazine rings is 2. The molecule has 0 spiro atoms. The molecule has 0 radical (unpaired) electrons. The van der Waals surface area contributed by atoms with Crippen LogP contribution in [0.25, 0.3) is 0 Å². The fraction of sp³-hybridized carbons (Fsp3) is 0.800. The minimum absolute atomic E-state index is 0. The molecule has 2 heterocycles. The van der Waals surface area contributed by atoms with E-state index in [0.29, 0.717) is 8.64 Å². The summed E-state index contributed by atoms with van der Waals surface area (Å²) in [6.45, 7) is 7.90. The van der Waals surface area contributed by atoms with Crippen LogP contribution in [0.4, 0.5) is 0 Å². The van der Waals surface area contributed by atoms with Crippen LogP contribution >= 0.6 is 24.4 Å². The molecule has 2 aliphatic rings. The average Bonchev–Trinajstić information content (AvgIpc) is 2.40. The van der Waals surface area contributed by atoms with Crippen molar-refractivity contribution in [1.82, 2.24) is 31.5 Å². The first-order chi connectivity index (χ1) is 9.58. The third-order valence-corrected chi connectivity index (χ3v) is 3.10. The Hall–Kier alpha value is 0.683. The summed E-state index contributed by atoms with van der Waals surface area (Å²) in [6.07, 6.45) is 0. The Bertz CT molecular complexity index is 280. The predicted molar refractivity (Wildman–Crippen MR) is 95.1 cm³/mol. The molecule has 0 aromatic carbocycles. The van der Waals surface area contributed by atoms with Crippen LogP contribution in [0.3, 0.4) is 0 Å². The molecule has 116 valence electrons. The van der Waals surface area contributed by atoms with E-state index in [2.05, 4.69) is 21.5 Å². The third kappa shape index (κ3) is 11.9. The topological polar surface area (TPSA) is 54.6 Å². The second kappa shape index (κ2) is 13.2. The molecule has 0 bridgehead atoms. The Balaban J connectivity index is 0.000000364. The molecule has 0 aliphatic carbocycles. The van der Waals surface area contributed by atoms with Crippen molar-refractivity contribution >= 4 is 58.3 Å². The van der Waals surface area contributed by atoms with Gasteiger partial charge in [0.15, 0.2) is 0 Å². The maximum absolute atomic E-state index is 4.72. The Morgan fingerprint density at radius 3 is 1.29 bits per heavy atom. The maximum atomic E-state index is 4.72. The monoisotopic (exact) mass is 416 g/mol. The van der Waals surface area contributed by atoms with Crippen molar-refractivity contribution < 1.29 is 19.5 Å². The molecule has 0 aromatic heterocycles. The summed E-state index contributed by atoms with van der Waals surface area (Å²) in [5.41, 5.74) is 5.84. The molecule has 2 rings (SSSR count). The van der Waals surface area contributed by atoms with Crippen molar-refractivity contribution in [3.63, 3.8) is 0 Å². The number of rotatable bonds is 2. The van der Waals surface area contributed by atoms with Crippen molar-refractivity contribution in [2.75, 3.05) is 52.4 Å².